The average Bonchev–Trinajstić information content (AvgIpc) is 3.18. The molecule has 1 heterocycles. The molecule has 0 unspecified atom stereocenters. The van der Waals surface area contributed by atoms with Crippen molar-refractivity contribution in [2.45, 2.75) is 19.3 Å². The van der Waals surface area contributed by atoms with Crippen LogP contribution in [-0.4, -0.2) is 18.0 Å². The lowest BCUT2D eigenvalue weighted by Gasteiger charge is -2.17. The van der Waals surface area contributed by atoms with Crippen LogP contribution >= 0.6 is 11.3 Å². The summed E-state index contributed by atoms with van der Waals surface area (Å²) in [6.45, 7) is 2.03. The molecule has 3 aromatic carbocycles. The van der Waals surface area contributed by atoms with E-state index in [4.69, 9.17) is 4.74 Å². The Bertz CT molecular complexity index is 1080. The van der Waals surface area contributed by atoms with Crippen LogP contribution in [0.4, 0.5) is 5.13 Å². The van der Waals surface area contributed by atoms with Gasteiger partial charge in [-0.3, -0.25) is 4.79 Å². The van der Waals surface area contributed by atoms with E-state index in [0.29, 0.717) is 17.3 Å². The smallest absolute Gasteiger partial charge is 0.227 e. The number of amides is 1. The number of rotatable bonds is 6. The fraction of sp³-hybridized carbons (Fsp3) is 0.167. The minimum Gasteiger partial charge on any atom is -0.494 e. The van der Waals surface area contributed by atoms with Crippen molar-refractivity contribution >= 4 is 32.6 Å². The van der Waals surface area contributed by atoms with Crippen molar-refractivity contribution in [3.63, 3.8) is 0 Å². The summed E-state index contributed by atoms with van der Waals surface area (Å²) in [5.74, 6) is 0.648. The van der Waals surface area contributed by atoms with Crippen molar-refractivity contribution < 1.29 is 9.53 Å². The van der Waals surface area contributed by atoms with E-state index in [1.807, 2.05) is 55.5 Å². The lowest BCUT2D eigenvalue weighted by atomic mass is 9.88. The summed E-state index contributed by atoms with van der Waals surface area (Å²) in [6.07, 6.45) is 0.347. The Kier molecular flexibility index (Phi) is 5.58. The number of ether oxygens (including phenoxy) is 1. The molecule has 0 spiro atoms. The van der Waals surface area contributed by atoms with Gasteiger partial charge in [-0.05, 0) is 29.7 Å². The number of aromatic nitrogens is 1. The van der Waals surface area contributed by atoms with Gasteiger partial charge in [0, 0.05) is 12.3 Å². The summed E-state index contributed by atoms with van der Waals surface area (Å²) in [5, 5.41) is 3.59. The normalized spacial score (nSPS) is 11.0. The Morgan fingerprint density at radius 1 is 1.00 bits per heavy atom. The molecule has 146 valence electrons. The van der Waals surface area contributed by atoms with Gasteiger partial charge in [0.1, 0.15) is 11.3 Å². The first-order valence-corrected chi connectivity index (χ1v) is 10.3. The number of carbonyl (C=O) groups excluding carboxylic acids is 1. The molecule has 0 bridgehead atoms. The molecule has 4 aromatic rings. The van der Waals surface area contributed by atoms with Crippen molar-refractivity contribution in [3.05, 3.63) is 89.5 Å². The first kappa shape index (κ1) is 19.2. The Morgan fingerprint density at radius 3 is 2.21 bits per heavy atom. The molecule has 1 amide bonds. The number of hydrogen-bond acceptors (Lipinski definition) is 4. The number of methoxy groups -OCH3 is 1. The molecule has 0 saturated heterocycles. The number of nitrogens with one attached hydrogen (secondary N) is 1. The molecule has 29 heavy (non-hydrogen) atoms. The van der Waals surface area contributed by atoms with Gasteiger partial charge in [0.15, 0.2) is 5.13 Å². The third kappa shape index (κ3) is 4.15. The third-order valence-electron chi connectivity index (χ3n) is 4.96. The highest BCUT2D eigenvalue weighted by Gasteiger charge is 2.19. The predicted octanol–water partition coefficient (Wildman–Crippen LogP) is 5.77. The number of nitrogens with zero attached hydrogens (tertiary/aromatic N) is 1. The number of carbonyl (C=O) groups is 1. The van der Waals surface area contributed by atoms with Gasteiger partial charge in [0.05, 0.1) is 11.8 Å². The van der Waals surface area contributed by atoms with Crippen molar-refractivity contribution in [2.75, 3.05) is 12.4 Å². The second-order valence-corrected chi connectivity index (χ2v) is 7.91. The summed E-state index contributed by atoms with van der Waals surface area (Å²) in [4.78, 5) is 17.5. The minimum atomic E-state index is -0.0571. The molecular weight excluding hydrogens is 380 g/mol. The second kappa shape index (κ2) is 8.45. The van der Waals surface area contributed by atoms with Crippen LogP contribution in [0.3, 0.4) is 0 Å². The predicted molar refractivity (Wildman–Crippen MR) is 119 cm³/mol. The van der Waals surface area contributed by atoms with E-state index in [2.05, 4.69) is 34.6 Å². The van der Waals surface area contributed by atoms with E-state index >= 15 is 0 Å². The Labute approximate surface area is 174 Å². The summed E-state index contributed by atoms with van der Waals surface area (Å²) in [6, 6.07) is 24.2. The van der Waals surface area contributed by atoms with Crippen LogP contribution in [0.25, 0.3) is 10.2 Å². The molecule has 1 aromatic heterocycles. The number of thiazole rings is 1. The van der Waals surface area contributed by atoms with Gasteiger partial charge in [0.25, 0.3) is 0 Å². The number of benzene rings is 3. The number of fused-ring (bicyclic) bond motifs is 1. The van der Waals surface area contributed by atoms with Crippen LogP contribution in [0.2, 0.25) is 0 Å². The number of aryl methyl sites for hydroxylation is 1. The Morgan fingerprint density at radius 2 is 1.62 bits per heavy atom. The van der Waals surface area contributed by atoms with Gasteiger partial charge < -0.3 is 10.1 Å². The third-order valence-corrected chi connectivity index (χ3v) is 6.07. The van der Waals surface area contributed by atoms with Crippen molar-refractivity contribution in [3.8, 4) is 5.75 Å². The quantitative estimate of drug-likeness (QED) is 0.445. The van der Waals surface area contributed by atoms with E-state index in [-0.39, 0.29) is 11.8 Å². The lowest BCUT2D eigenvalue weighted by Crippen LogP contribution is -2.16. The van der Waals surface area contributed by atoms with Gasteiger partial charge in [-0.15, -0.1) is 0 Å². The topological polar surface area (TPSA) is 51.2 Å². The summed E-state index contributed by atoms with van der Waals surface area (Å²) in [5.41, 5.74) is 4.15. The van der Waals surface area contributed by atoms with E-state index in [1.54, 1.807) is 7.11 Å². The summed E-state index contributed by atoms with van der Waals surface area (Å²) in [7, 11) is 1.63. The largest absolute Gasteiger partial charge is 0.494 e. The van der Waals surface area contributed by atoms with Crippen molar-refractivity contribution in [2.24, 2.45) is 0 Å². The van der Waals surface area contributed by atoms with Crippen LogP contribution in [0, 0.1) is 6.92 Å². The highest BCUT2D eigenvalue weighted by atomic mass is 32.1. The molecular formula is C24H22N2O2S. The van der Waals surface area contributed by atoms with Gasteiger partial charge in [-0.25, -0.2) is 4.98 Å². The molecule has 0 saturated carbocycles. The van der Waals surface area contributed by atoms with E-state index in [1.165, 1.54) is 11.3 Å². The molecule has 0 aliphatic carbocycles. The zero-order valence-electron chi connectivity index (χ0n) is 16.4. The molecule has 1 N–H and O–H groups in total. The minimum absolute atomic E-state index is 0.0111. The van der Waals surface area contributed by atoms with Crippen LogP contribution in [0.1, 0.15) is 29.0 Å². The molecule has 5 heteroatoms. The monoisotopic (exact) mass is 402 g/mol. The molecule has 0 aliphatic rings. The van der Waals surface area contributed by atoms with Gasteiger partial charge in [0.2, 0.25) is 5.91 Å². The van der Waals surface area contributed by atoms with Gasteiger partial charge in [-0.2, -0.15) is 0 Å². The molecule has 4 nitrogen and oxygen atoms in total. The molecule has 0 aliphatic heterocycles. The number of anilines is 1. The Balaban J connectivity index is 1.59. The summed E-state index contributed by atoms with van der Waals surface area (Å²) >= 11 is 1.48. The second-order valence-electron chi connectivity index (χ2n) is 6.91. The maximum atomic E-state index is 12.9. The highest BCUT2D eigenvalue weighted by molar-refractivity contribution is 7.22. The molecule has 0 fully saturated rings. The molecule has 0 atom stereocenters. The zero-order valence-corrected chi connectivity index (χ0v) is 17.2. The molecule has 0 radical (unpaired) electrons. The molecule has 4 rings (SSSR count). The van der Waals surface area contributed by atoms with Crippen LogP contribution in [0.5, 0.6) is 5.75 Å². The van der Waals surface area contributed by atoms with E-state index in [9.17, 15) is 4.79 Å². The standard InChI is InChI=1S/C24H22N2O2S/c1-16-13-14-20(28-2)22-23(16)29-24(26-22)25-21(27)15-19(17-9-5-3-6-10-17)18-11-7-4-8-12-18/h3-14,19H,15H2,1-2H3,(H,25,26,27). The Hall–Kier alpha value is -3.18. The fourth-order valence-corrected chi connectivity index (χ4v) is 4.45. The maximum absolute atomic E-state index is 12.9. The maximum Gasteiger partial charge on any atom is 0.227 e. The summed E-state index contributed by atoms with van der Waals surface area (Å²) < 4.78 is 6.44. The first-order valence-electron chi connectivity index (χ1n) is 9.49. The lowest BCUT2D eigenvalue weighted by molar-refractivity contribution is -0.116. The highest BCUT2D eigenvalue weighted by Crippen LogP contribution is 2.35. The average molecular weight is 403 g/mol. The number of hydrogen-bond donors (Lipinski definition) is 1. The van der Waals surface area contributed by atoms with Crippen LogP contribution < -0.4 is 10.1 Å². The van der Waals surface area contributed by atoms with Crippen molar-refractivity contribution in [1.29, 1.82) is 0 Å². The van der Waals surface area contributed by atoms with E-state index in [0.717, 1.165) is 26.9 Å². The van der Waals surface area contributed by atoms with Crippen molar-refractivity contribution in [1.82, 2.24) is 4.98 Å². The van der Waals surface area contributed by atoms with Crippen LogP contribution in [0.15, 0.2) is 72.8 Å². The SMILES string of the molecule is COc1ccc(C)c2sc(NC(=O)CC(c3ccccc3)c3ccccc3)nc12. The zero-order chi connectivity index (χ0) is 20.2. The van der Waals surface area contributed by atoms with Gasteiger partial charge >= 0.3 is 0 Å². The first-order chi connectivity index (χ1) is 14.2. The van der Waals surface area contributed by atoms with Crippen LogP contribution in [-0.2, 0) is 4.79 Å². The van der Waals surface area contributed by atoms with Gasteiger partial charge in [-0.1, -0.05) is 78.1 Å². The fourth-order valence-electron chi connectivity index (χ4n) is 3.48. The van der Waals surface area contributed by atoms with E-state index < -0.39 is 0 Å².